The number of hydrogen-bond donors (Lipinski definition) is 1. The molecule has 3 aromatic rings. The molecule has 3 aromatic heterocycles. The molecule has 3 heterocycles. The Morgan fingerprint density at radius 1 is 1.33 bits per heavy atom. The standard InChI is InChI=1S/C15H13N5O4/c21-15(17-7-11-3-1-2-6-16-11)14-5-4-13(24-14)10-19-9-12(8-18-19)20(22)23/h1-6,8-9H,7,10H2,(H,17,21). The smallest absolute Gasteiger partial charge is 0.307 e. The molecule has 0 atom stereocenters. The van der Waals surface area contributed by atoms with Crippen molar-refractivity contribution in [1.29, 1.82) is 0 Å². The van der Waals surface area contributed by atoms with Crippen molar-refractivity contribution < 1.29 is 14.1 Å². The topological polar surface area (TPSA) is 116 Å². The highest BCUT2D eigenvalue weighted by atomic mass is 16.6. The van der Waals surface area contributed by atoms with Crippen LogP contribution < -0.4 is 5.32 Å². The van der Waals surface area contributed by atoms with Crippen LogP contribution >= 0.6 is 0 Å². The Labute approximate surface area is 136 Å². The molecule has 1 amide bonds. The summed E-state index contributed by atoms with van der Waals surface area (Å²) in [6.45, 7) is 0.489. The van der Waals surface area contributed by atoms with Crippen LogP contribution in [0.2, 0.25) is 0 Å². The van der Waals surface area contributed by atoms with Gasteiger partial charge >= 0.3 is 5.69 Å². The van der Waals surface area contributed by atoms with Crippen LogP contribution in [0.3, 0.4) is 0 Å². The minimum atomic E-state index is -0.526. The summed E-state index contributed by atoms with van der Waals surface area (Å²) < 4.78 is 6.81. The number of nitrogens with one attached hydrogen (secondary N) is 1. The molecule has 9 nitrogen and oxygen atoms in total. The van der Waals surface area contributed by atoms with Gasteiger partial charge < -0.3 is 9.73 Å². The number of pyridine rings is 1. The van der Waals surface area contributed by atoms with Crippen molar-refractivity contribution in [3.63, 3.8) is 0 Å². The zero-order valence-electron chi connectivity index (χ0n) is 12.5. The fraction of sp³-hybridized carbons (Fsp3) is 0.133. The average Bonchev–Trinajstić information content (AvgIpc) is 3.24. The van der Waals surface area contributed by atoms with E-state index in [2.05, 4.69) is 15.4 Å². The highest BCUT2D eigenvalue weighted by Gasteiger charge is 2.13. The number of carbonyl (C=O) groups is 1. The number of aromatic nitrogens is 3. The summed E-state index contributed by atoms with van der Waals surface area (Å²) in [5, 5.41) is 17.2. The predicted octanol–water partition coefficient (Wildman–Crippen LogP) is 1.76. The van der Waals surface area contributed by atoms with E-state index >= 15 is 0 Å². The maximum Gasteiger partial charge on any atom is 0.307 e. The Kier molecular flexibility index (Phi) is 4.32. The summed E-state index contributed by atoms with van der Waals surface area (Å²) in [4.78, 5) is 26.2. The number of furan rings is 1. The van der Waals surface area contributed by atoms with Crippen molar-refractivity contribution in [2.75, 3.05) is 0 Å². The van der Waals surface area contributed by atoms with Crippen molar-refractivity contribution in [2.45, 2.75) is 13.1 Å². The third-order valence-electron chi connectivity index (χ3n) is 3.19. The Balaban J connectivity index is 1.60. The largest absolute Gasteiger partial charge is 0.454 e. The molecule has 0 radical (unpaired) electrons. The molecule has 0 saturated carbocycles. The molecule has 0 spiro atoms. The van der Waals surface area contributed by atoms with Gasteiger partial charge in [0.15, 0.2) is 5.76 Å². The quantitative estimate of drug-likeness (QED) is 0.544. The van der Waals surface area contributed by atoms with Gasteiger partial charge in [0.25, 0.3) is 5.91 Å². The minimum absolute atomic E-state index is 0.102. The fourth-order valence-electron chi connectivity index (χ4n) is 2.04. The Morgan fingerprint density at radius 2 is 2.21 bits per heavy atom. The number of carbonyl (C=O) groups excluding carboxylic acids is 1. The monoisotopic (exact) mass is 327 g/mol. The van der Waals surface area contributed by atoms with Crippen LogP contribution in [0.25, 0.3) is 0 Å². The Hall–Kier alpha value is -3.49. The summed E-state index contributed by atoms with van der Waals surface area (Å²) in [7, 11) is 0. The molecule has 0 fully saturated rings. The summed E-state index contributed by atoms with van der Waals surface area (Å²) in [6.07, 6.45) is 4.10. The lowest BCUT2D eigenvalue weighted by atomic mass is 10.3. The van der Waals surface area contributed by atoms with Gasteiger partial charge in [-0.05, 0) is 24.3 Å². The second kappa shape index (κ2) is 6.73. The van der Waals surface area contributed by atoms with E-state index in [1.54, 1.807) is 30.5 Å². The van der Waals surface area contributed by atoms with Crippen molar-refractivity contribution >= 4 is 11.6 Å². The number of amides is 1. The van der Waals surface area contributed by atoms with Crippen molar-refractivity contribution in [1.82, 2.24) is 20.1 Å². The number of rotatable bonds is 6. The van der Waals surface area contributed by atoms with Gasteiger partial charge in [0.2, 0.25) is 0 Å². The Morgan fingerprint density at radius 3 is 2.92 bits per heavy atom. The summed E-state index contributed by atoms with van der Waals surface area (Å²) in [5.41, 5.74) is 0.636. The van der Waals surface area contributed by atoms with Gasteiger partial charge in [0, 0.05) is 6.20 Å². The van der Waals surface area contributed by atoms with E-state index in [1.807, 2.05) is 6.07 Å². The molecule has 0 saturated heterocycles. The zero-order valence-corrected chi connectivity index (χ0v) is 12.5. The molecular weight excluding hydrogens is 314 g/mol. The van der Waals surface area contributed by atoms with E-state index in [-0.39, 0.29) is 23.9 Å². The Bertz CT molecular complexity index is 856. The van der Waals surface area contributed by atoms with Crippen LogP contribution in [0.15, 0.2) is 53.3 Å². The van der Waals surface area contributed by atoms with Gasteiger partial charge in [0.1, 0.15) is 18.2 Å². The molecular formula is C15H13N5O4. The predicted molar refractivity (Wildman–Crippen MR) is 82.1 cm³/mol. The van der Waals surface area contributed by atoms with Crippen LogP contribution in [0.1, 0.15) is 22.0 Å². The van der Waals surface area contributed by atoms with E-state index in [1.165, 1.54) is 10.9 Å². The van der Waals surface area contributed by atoms with E-state index in [9.17, 15) is 14.9 Å². The summed E-state index contributed by atoms with van der Waals surface area (Å²) >= 11 is 0. The first-order valence-corrected chi connectivity index (χ1v) is 7.05. The average molecular weight is 327 g/mol. The second-order valence-electron chi connectivity index (χ2n) is 4.92. The molecule has 1 N–H and O–H groups in total. The van der Waals surface area contributed by atoms with Crippen LogP contribution in [0, 0.1) is 10.1 Å². The molecule has 0 aliphatic carbocycles. The van der Waals surface area contributed by atoms with Crippen LogP contribution in [-0.2, 0) is 13.1 Å². The SMILES string of the molecule is O=C(NCc1ccccn1)c1ccc(Cn2cc([N+](=O)[O-])cn2)o1. The van der Waals surface area contributed by atoms with Crippen LogP contribution in [0.4, 0.5) is 5.69 Å². The number of hydrogen-bond acceptors (Lipinski definition) is 6. The van der Waals surface area contributed by atoms with Crippen molar-refractivity contribution in [2.24, 2.45) is 0 Å². The fourth-order valence-corrected chi connectivity index (χ4v) is 2.04. The van der Waals surface area contributed by atoms with E-state index in [4.69, 9.17) is 4.42 Å². The van der Waals surface area contributed by atoms with E-state index < -0.39 is 4.92 Å². The minimum Gasteiger partial charge on any atom is -0.454 e. The van der Waals surface area contributed by atoms with Gasteiger partial charge in [-0.3, -0.25) is 24.6 Å². The molecule has 0 bridgehead atoms. The molecule has 0 aliphatic heterocycles. The number of nitrogens with zero attached hydrogens (tertiary/aromatic N) is 4. The van der Waals surface area contributed by atoms with Gasteiger partial charge in [-0.1, -0.05) is 6.07 Å². The normalized spacial score (nSPS) is 10.5. The second-order valence-corrected chi connectivity index (χ2v) is 4.92. The molecule has 122 valence electrons. The maximum atomic E-state index is 12.0. The third-order valence-corrected chi connectivity index (χ3v) is 3.19. The first kappa shape index (κ1) is 15.4. The molecule has 24 heavy (non-hydrogen) atoms. The maximum absolute atomic E-state index is 12.0. The highest BCUT2D eigenvalue weighted by molar-refractivity contribution is 5.91. The van der Waals surface area contributed by atoms with Gasteiger partial charge in [0.05, 0.1) is 23.7 Å². The molecule has 0 aromatic carbocycles. The van der Waals surface area contributed by atoms with Crippen molar-refractivity contribution in [3.05, 3.63) is 76.3 Å². The lowest BCUT2D eigenvalue weighted by molar-refractivity contribution is -0.385. The van der Waals surface area contributed by atoms with Gasteiger partial charge in [-0.2, -0.15) is 5.10 Å². The molecule has 0 unspecified atom stereocenters. The lowest BCUT2D eigenvalue weighted by Gasteiger charge is -2.02. The molecule has 3 rings (SSSR count). The van der Waals surface area contributed by atoms with E-state index in [0.29, 0.717) is 12.3 Å². The highest BCUT2D eigenvalue weighted by Crippen LogP contribution is 2.13. The van der Waals surface area contributed by atoms with Gasteiger partial charge in [-0.25, -0.2) is 0 Å². The van der Waals surface area contributed by atoms with Gasteiger partial charge in [-0.15, -0.1) is 0 Å². The number of nitro groups is 1. The van der Waals surface area contributed by atoms with Crippen LogP contribution in [0.5, 0.6) is 0 Å². The molecule has 0 aliphatic rings. The molecule has 9 heteroatoms. The third kappa shape index (κ3) is 3.64. The zero-order chi connectivity index (χ0) is 16.9. The first-order valence-electron chi connectivity index (χ1n) is 7.05. The van der Waals surface area contributed by atoms with Crippen LogP contribution in [-0.4, -0.2) is 25.6 Å². The van der Waals surface area contributed by atoms with Crippen molar-refractivity contribution in [3.8, 4) is 0 Å². The first-order chi connectivity index (χ1) is 11.6. The lowest BCUT2D eigenvalue weighted by Crippen LogP contribution is -2.22. The van der Waals surface area contributed by atoms with E-state index in [0.717, 1.165) is 11.9 Å². The summed E-state index contributed by atoms with van der Waals surface area (Å²) in [5.74, 6) is 0.261. The summed E-state index contributed by atoms with van der Waals surface area (Å²) in [6, 6.07) is 8.61.